The predicted octanol–water partition coefficient (Wildman–Crippen LogP) is -3.16. The molecule has 0 bridgehead atoms. The van der Waals surface area contributed by atoms with Crippen molar-refractivity contribution in [2.45, 2.75) is 66.1 Å². The predicted molar refractivity (Wildman–Crippen MR) is 96.5 cm³/mol. The summed E-state index contributed by atoms with van der Waals surface area (Å²) in [5.74, 6) is 0. The van der Waals surface area contributed by atoms with Gasteiger partial charge in [0.25, 0.3) is 0 Å². The van der Waals surface area contributed by atoms with Crippen LogP contribution in [-0.2, 0) is 27.1 Å². The Kier molecular flexibility index (Phi) is 13.0. The quantitative estimate of drug-likeness (QED) is 0.336. The van der Waals surface area contributed by atoms with Gasteiger partial charge in [0.2, 0.25) is 0 Å². The minimum atomic E-state index is -1.25. The smallest absolute Gasteiger partial charge is 1.00 e. The van der Waals surface area contributed by atoms with Crippen molar-refractivity contribution in [1.82, 2.24) is 0 Å². The molecular formula is C20H29Cl3SiTi. The van der Waals surface area contributed by atoms with E-state index in [4.69, 9.17) is 0 Å². The van der Waals surface area contributed by atoms with Gasteiger partial charge in [0.1, 0.15) is 0 Å². The molecule has 138 valence electrons. The second-order valence-electron chi connectivity index (χ2n) is 8.07. The summed E-state index contributed by atoms with van der Waals surface area (Å²) in [6, 6.07) is 4.62. The molecule has 1 aliphatic carbocycles. The summed E-state index contributed by atoms with van der Waals surface area (Å²) in [5, 5.41) is 1.49. The zero-order chi connectivity index (χ0) is 16.0. The number of aryl methyl sites for hydroxylation is 3. The Balaban J connectivity index is -0.00000121. The molecule has 25 heavy (non-hydrogen) atoms. The van der Waals surface area contributed by atoms with Crippen LogP contribution in [0.4, 0.5) is 0 Å². The molecule has 1 aromatic carbocycles. The molecular weight excluding hydrogens is 423 g/mol. The van der Waals surface area contributed by atoms with Gasteiger partial charge in [-0.05, 0) is 42.9 Å². The normalized spacial score (nSPS) is 13.4. The van der Waals surface area contributed by atoms with Gasteiger partial charge < -0.3 is 37.2 Å². The van der Waals surface area contributed by atoms with Gasteiger partial charge in [-0.25, -0.2) is 11.3 Å². The fourth-order valence-electron chi connectivity index (χ4n) is 3.69. The van der Waals surface area contributed by atoms with Gasteiger partial charge in [-0.2, -0.15) is 5.57 Å². The topological polar surface area (TPSA) is 0 Å². The third-order valence-corrected chi connectivity index (χ3v) is 6.61. The minimum absolute atomic E-state index is 0. The van der Waals surface area contributed by atoms with Crippen LogP contribution in [-0.4, -0.2) is 8.07 Å². The van der Waals surface area contributed by atoms with Crippen LogP contribution in [0.25, 0.3) is 0 Å². The maximum Gasteiger partial charge on any atom is 4.00 e. The molecule has 0 saturated carbocycles. The van der Waals surface area contributed by atoms with Gasteiger partial charge in [-0.15, -0.1) is 0 Å². The molecule has 5 heteroatoms. The second kappa shape index (κ2) is 10.7. The molecule has 1 aromatic rings. The van der Waals surface area contributed by atoms with Crippen LogP contribution in [0.15, 0.2) is 29.0 Å². The first kappa shape index (κ1) is 30.2. The molecule has 0 saturated heterocycles. The molecule has 2 rings (SSSR count). The summed E-state index contributed by atoms with van der Waals surface area (Å²) >= 11 is 0. The molecule has 0 fully saturated rings. The van der Waals surface area contributed by atoms with E-state index in [0.29, 0.717) is 0 Å². The Morgan fingerprint density at radius 2 is 1.36 bits per heavy atom. The van der Waals surface area contributed by atoms with Gasteiger partial charge in [0.05, 0.1) is 0 Å². The molecule has 0 nitrogen and oxygen atoms in total. The van der Waals surface area contributed by atoms with Crippen molar-refractivity contribution in [2.75, 3.05) is 0 Å². The molecule has 0 N–H and O–H groups in total. The summed E-state index contributed by atoms with van der Waals surface area (Å²) in [7, 11) is -1.25. The molecule has 0 radical (unpaired) electrons. The molecule has 1 aliphatic rings. The van der Waals surface area contributed by atoms with Crippen molar-refractivity contribution in [3.8, 4) is 0 Å². The van der Waals surface area contributed by atoms with Gasteiger partial charge in [0, 0.05) is 8.07 Å². The maximum atomic E-state index is 3.78. The summed E-state index contributed by atoms with van der Waals surface area (Å²) in [5.41, 5.74) is 7.19. The minimum Gasteiger partial charge on any atom is -1.00 e. The molecule has 0 spiro atoms. The van der Waals surface area contributed by atoms with Gasteiger partial charge in [-0.1, -0.05) is 57.6 Å². The Morgan fingerprint density at radius 3 is 1.72 bits per heavy atom. The fraction of sp³-hybridized carbons (Fsp3) is 0.500. The van der Waals surface area contributed by atoms with Crippen LogP contribution in [0.5, 0.6) is 0 Å². The number of benzene rings is 1. The van der Waals surface area contributed by atoms with Crippen LogP contribution in [0.2, 0.25) is 19.6 Å². The van der Waals surface area contributed by atoms with Crippen LogP contribution in [0.1, 0.15) is 42.5 Å². The Morgan fingerprint density at radius 1 is 0.920 bits per heavy atom. The zero-order valence-electron chi connectivity index (χ0n) is 16.6. The van der Waals surface area contributed by atoms with E-state index in [-0.39, 0.29) is 64.4 Å². The zero-order valence-corrected chi connectivity index (χ0v) is 21.4. The molecule has 0 heterocycles. The van der Waals surface area contributed by atoms with Crippen molar-refractivity contribution in [1.29, 1.82) is 0 Å². The molecule has 0 unspecified atom stereocenters. The first-order valence-corrected chi connectivity index (χ1v) is 11.5. The van der Waals surface area contributed by atoms with Crippen molar-refractivity contribution < 1.29 is 58.9 Å². The van der Waals surface area contributed by atoms with E-state index in [1.807, 2.05) is 0 Å². The Hall–Kier alpha value is 0.501. The van der Waals surface area contributed by atoms with E-state index in [2.05, 4.69) is 78.5 Å². The van der Waals surface area contributed by atoms with E-state index in [0.717, 1.165) is 6.42 Å². The van der Waals surface area contributed by atoms with E-state index in [1.165, 1.54) is 33.0 Å². The molecule has 0 aromatic heterocycles. The number of rotatable bonds is 3. The first-order chi connectivity index (χ1) is 9.53. The van der Waals surface area contributed by atoms with Crippen LogP contribution in [0, 0.1) is 26.8 Å². The van der Waals surface area contributed by atoms with E-state index in [1.54, 1.807) is 0 Å². The first-order valence-electron chi connectivity index (χ1n) is 7.96. The average molecular weight is 452 g/mol. The third kappa shape index (κ3) is 6.56. The van der Waals surface area contributed by atoms with E-state index in [9.17, 15) is 0 Å². The van der Waals surface area contributed by atoms with Crippen LogP contribution < -0.4 is 37.2 Å². The number of allylic oxidation sites excluding steroid dienone is 4. The standard InChI is InChI=1S/C20H29Si.3ClH.Ti/c1-14-11-15(2)19(16(3)12-14)20(4,5)17-9-10-18(13-17)21(6,7)8;;;;/h10-12H,9H2,1-8H3;3*1H;/q-1;;;;+4/p-3. The van der Waals surface area contributed by atoms with Crippen molar-refractivity contribution in [2.24, 2.45) is 0 Å². The molecule has 0 atom stereocenters. The number of hydrogen-bond acceptors (Lipinski definition) is 0. The number of hydrogen-bond donors (Lipinski definition) is 0. The average Bonchev–Trinajstić information content (AvgIpc) is 2.75. The van der Waals surface area contributed by atoms with Gasteiger partial charge >= 0.3 is 21.7 Å². The SMILES string of the molecule is Cc1cc(C)c(C(C)(C)C2=[C-]C([Si](C)(C)C)=CC2)c(C)c1.[Cl-].[Cl-].[Cl-].[Ti+4]. The summed E-state index contributed by atoms with van der Waals surface area (Å²) in [6.07, 6.45) is 7.27. The summed E-state index contributed by atoms with van der Waals surface area (Å²) in [6.45, 7) is 18.6. The Labute approximate surface area is 189 Å². The number of halogens is 3. The fourth-order valence-corrected chi connectivity index (χ4v) is 4.93. The van der Waals surface area contributed by atoms with Crippen molar-refractivity contribution in [3.63, 3.8) is 0 Å². The van der Waals surface area contributed by atoms with Crippen molar-refractivity contribution in [3.05, 3.63) is 57.3 Å². The molecule has 0 amide bonds. The van der Waals surface area contributed by atoms with Gasteiger partial charge in [-0.3, -0.25) is 6.08 Å². The monoisotopic (exact) mass is 450 g/mol. The van der Waals surface area contributed by atoms with E-state index >= 15 is 0 Å². The van der Waals surface area contributed by atoms with Crippen LogP contribution in [0.3, 0.4) is 0 Å². The summed E-state index contributed by atoms with van der Waals surface area (Å²) in [4.78, 5) is 0. The van der Waals surface area contributed by atoms with Gasteiger partial charge in [0.15, 0.2) is 0 Å². The molecule has 0 aliphatic heterocycles. The van der Waals surface area contributed by atoms with E-state index < -0.39 is 8.07 Å². The third-order valence-electron chi connectivity index (χ3n) is 4.66. The summed E-state index contributed by atoms with van der Waals surface area (Å²) < 4.78 is 0. The van der Waals surface area contributed by atoms with Crippen molar-refractivity contribution >= 4 is 8.07 Å². The second-order valence-corrected chi connectivity index (χ2v) is 13.1. The Bertz CT molecular complexity index is 618. The van der Waals surface area contributed by atoms with Crippen LogP contribution >= 0.6 is 0 Å². The largest absolute Gasteiger partial charge is 4.00 e. The maximum absolute atomic E-state index is 3.78.